The molecule has 1 unspecified atom stereocenters. The van der Waals surface area contributed by atoms with Crippen LogP contribution in [0.4, 0.5) is 0 Å². The molecule has 0 fully saturated rings. The summed E-state index contributed by atoms with van der Waals surface area (Å²) in [5.74, 6) is 1.08. The molecular weight excluding hydrogens is 313 g/mol. The summed E-state index contributed by atoms with van der Waals surface area (Å²) in [6.07, 6.45) is 2.61. The lowest BCUT2D eigenvalue weighted by molar-refractivity contribution is 0.228. The lowest BCUT2D eigenvalue weighted by Crippen LogP contribution is -2.30. The first-order valence-corrected chi connectivity index (χ1v) is 7.35. The molecule has 1 aliphatic heterocycles. The predicted octanol–water partition coefficient (Wildman–Crippen LogP) is 2.71. The van der Waals surface area contributed by atoms with Gasteiger partial charge >= 0.3 is 0 Å². The van der Waals surface area contributed by atoms with Crippen LogP contribution in [0.15, 0.2) is 18.2 Å². The standard InChI is InChI=1S/C13H18INO/c1-10-3-4-13-11(7-10)8-12(16-13)9-15-6-2-5-14/h3-4,7,12,15H,2,5-6,8-9H2,1H3. The average Bonchev–Trinajstić information content (AvgIpc) is 2.66. The molecule has 3 heteroatoms. The normalized spacial score (nSPS) is 18.2. The van der Waals surface area contributed by atoms with Gasteiger partial charge in [0.15, 0.2) is 0 Å². The van der Waals surface area contributed by atoms with E-state index in [0.717, 1.165) is 25.3 Å². The molecule has 0 amide bonds. The van der Waals surface area contributed by atoms with Crippen LogP contribution in [0.25, 0.3) is 0 Å². The van der Waals surface area contributed by atoms with Crippen molar-refractivity contribution in [1.82, 2.24) is 5.32 Å². The first-order valence-electron chi connectivity index (χ1n) is 5.82. The van der Waals surface area contributed by atoms with E-state index in [2.05, 4.69) is 53.0 Å². The number of hydrogen-bond acceptors (Lipinski definition) is 2. The molecule has 1 atom stereocenters. The number of fused-ring (bicyclic) bond motifs is 1. The number of halogens is 1. The molecule has 0 bridgehead atoms. The van der Waals surface area contributed by atoms with Gasteiger partial charge in [0.1, 0.15) is 11.9 Å². The van der Waals surface area contributed by atoms with Gasteiger partial charge in [-0.05, 0) is 31.5 Å². The van der Waals surface area contributed by atoms with Crippen molar-refractivity contribution in [3.63, 3.8) is 0 Å². The van der Waals surface area contributed by atoms with Gasteiger partial charge in [-0.2, -0.15) is 0 Å². The molecule has 0 radical (unpaired) electrons. The number of benzene rings is 1. The van der Waals surface area contributed by atoms with Gasteiger partial charge in [-0.15, -0.1) is 0 Å². The van der Waals surface area contributed by atoms with Gasteiger partial charge < -0.3 is 10.1 Å². The van der Waals surface area contributed by atoms with Gasteiger partial charge in [0.25, 0.3) is 0 Å². The summed E-state index contributed by atoms with van der Waals surface area (Å²) in [6, 6.07) is 6.44. The Bertz CT molecular complexity index is 354. The third-order valence-electron chi connectivity index (χ3n) is 2.82. The zero-order chi connectivity index (χ0) is 11.4. The third kappa shape index (κ3) is 3.10. The Morgan fingerprint density at radius 1 is 1.50 bits per heavy atom. The Balaban J connectivity index is 1.81. The molecule has 1 aromatic rings. The van der Waals surface area contributed by atoms with Crippen molar-refractivity contribution >= 4 is 22.6 Å². The maximum Gasteiger partial charge on any atom is 0.123 e. The van der Waals surface area contributed by atoms with E-state index in [4.69, 9.17) is 4.74 Å². The van der Waals surface area contributed by atoms with E-state index in [9.17, 15) is 0 Å². The van der Waals surface area contributed by atoms with E-state index >= 15 is 0 Å². The van der Waals surface area contributed by atoms with Crippen molar-refractivity contribution in [2.24, 2.45) is 0 Å². The number of hydrogen-bond donors (Lipinski definition) is 1. The second-order valence-electron chi connectivity index (χ2n) is 4.30. The molecule has 1 aromatic carbocycles. The van der Waals surface area contributed by atoms with E-state index in [1.54, 1.807) is 0 Å². The van der Waals surface area contributed by atoms with Crippen LogP contribution in [0, 0.1) is 6.92 Å². The Labute approximate surface area is 111 Å². The third-order valence-corrected chi connectivity index (χ3v) is 3.58. The first-order chi connectivity index (χ1) is 7.79. The Morgan fingerprint density at radius 2 is 2.38 bits per heavy atom. The highest BCUT2D eigenvalue weighted by molar-refractivity contribution is 14.1. The number of aryl methyl sites for hydroxylation is 1. The SMILES string of the molecule is Cc1ccc2c(c1)CC(CNCCCI)O2. The van der Waals surface area contributed by atoms with Crippen LogP contribution in [0.1, 0.15) is 17.5 Å². The van der Waals surface area contributed by atoms with Crippen molar-refractivity contribution < 1.29 is 4.74 Å². The minimum Gasteiger partial charge on any atom is -0.488 e. The van der Waals surface area contributed by atoms with Gasteiger partial charge in [-0.25, -0.2) is 0 Å². The summed E-state index contributed by atoms with van der Waals surface area (Å²) < 4.78 is 7.10. The molecule has 2 rings (SSSR count). The second-order valence-corrected chi connectivity index (χ2v) is 5.38. The summed E-state index contributed by atoms with van der Waals surface area (Å²) in [5.41, 5.74) is 2.68. The monoisotopic (exact) mass is 331 g/mol. The van der Waals surface area contributed by atoms with E-state index in [-0.39, 0.29) is 0 Å². The first kappa shape index (κ1) is 12.2. The van der Waals surface area contributed by atoms with Crippen molar-refractivity contribution in [3.05, 3.63) is 29.3 Å². The van der Waals surface area contributed by atoms with Crippen molar-refractivity contribution in [2.45, 2.75) is 25.9 Å². The number of rotatable bonds is 5. The zero-order valence-corrected chi connectivity index (χ0v) is 11.8. The van der Waals surface area contributed by atoms with Gasteiger partial charge in [0.05, 0.1) is 0 Å². The zero-order valence-electron chi connectivity index (χ0n) is 9.63. The van der Waals surface area contributed by atoms with Crippen LogP contribution >= 0.6 is 22.6 Å². The fourth-order valence-corrected chi connectivity index (χ4v) is 2.40. The number of alkyl halides is 1. The summed E-state index contributed by atoms with van der Waals surface area (Å²) in [6.45, 7) is 4.19. The molecule has 0 aliphatic carbocycles. The minimum atomic E-state index is 0.325. The van der Waals surface area contributed by atoms with Gasteiger partial charge in [0, 0.05) is 17.4 Å². The topological polar surface area (TPSA) is 21.3 Å². The van der Waals surface area contributed by atoms with Crippen LogP contribution in [0.5, 0.6) is 5.75 Å². The Morgan fingerprint density at radius 3 is 3.19 bits per heavy atom. The molecule has 0 spiro atoms. The maximum absolute atomic E-state index is 5.88. The highest BCUT2D eigenvalue weighted by Gasteiger charge is 2.21. The smallest absolute Gasteiger partial charge is 0.123 e. The molecular formula is C13H18INO. The van der Waals surface area contributed by atoms with Crippen LogP contribution in [0.3, 0.4) is 0 Å². The maximum atomic E-state index is 5.88. The molecule has 1 aliphatic rings. The quantitative estimate of drug-likeness (QED) is 0.509. The lowest BCUT2D eigenvalue weighted by atomic mass is 10.1. The Hall–Kier alpha value is -0.290. The predicted molar refractivity (Wildman–Crippen MR) is 75.7 cm³/mol. The summed E-state index contributed by atoms with van der Waals surface area (Å²) in [5, 5.41) is 3.45. The highest BCUT2D eigenvalue weighted by atomic mass is 127. The molecule has 0 saturated carbocycles. The van der Waals surface area contributed by atoms with E-state index in [1.165, 1.54) is 22.0 Å². The summed E-state index contributed by atoms with van der Waals surface area (Å²) in [4.78, 5) is 0. The van der Waals surface area contributed by atoms with Crippen molar-refractivity contribution in [1.29, 1.82) is 0 Å². The molecule has 1 heterocycles. The lowest BCUT2D eigenvalue weighted by Gasteiger charge is -2.11. The van der Waals surface area contributed by atoms with Crippen LogP contribution in [-0.2, 0) is 6.42 Å². The van der Waals surface area contributed by atoms with Gasteiger partial charge in [-0.1, -0.05) is 40.3 Å². The summed E-state index contributed by atoms with van der Waals surface area (Å²) in [7, 11) is 0. The van der Waals surface area contributed by atoms with E-state index in [0.29, 0.717) is 6.10 Å². The van der Waals surface area contributed by atoms with Crippen LogP contribution in [0.2, 0.25) is 0 Å². The van der Waals surface area contributed by atoms with E-state index in [1.807, 2.05) is 0 Å². The van der Waals surface area contributed by atoms with Crippen LogP contribution in [-0.4, -0.2) is 23.6 Å². The van der Waals surface area contributed by atoms with E-state index < -0.39 is 0 Å². The average molecular weight is 331 g/mol. The van der Waals surface area contributed by atoms with Crippen molar-refractivity contribution in [2.75, 3.05) is 17.5 Å². The van der Waals surface area contributed by atoms with Crippen LogP contribution < -0.4 is 10.1 Å². The second kappa shape index (κ2) is 5.87. The molecule has 2 nitrogen and oxygen atoms in total. The van der Waals surface area contributed by atoms with Crippen molar-refractivity contribution in [3.8, 4) is 5.75 Å². The number of nitrogens with one attached hydrogen (secondary N) is 1. The highest BCUT2D eigenvalue weighted by Crippen LogP contribution is 2.29. The fraction of sp³-hybridized carbons (Fsp3) is 0.538. The fourth-order valence-electron chi connectivity index (χ4n) is 2.02. The number of ether oxygens (including phenoxy) is 1. The Kier molecular flexibility index (Phi) is 4.46. The largest absolute Gasteiger partial charge is 0.488 e. The molecule has 0 aromatic heterocycles. The summed E-state index contributed by atoms with van der Waals surface area (Å²) >= 11 is 2.41. The molecule has 16 heavy (non-hydrogen) atoms. The molecule has 88 valence electrons. The van der Waals surface area contributed by atoms with Gasteiger partial charge in [0.2, 0.25) is 0 Å². The van der Waals surface area contributed by atoms with Gasteiger partial charge in [-0.3, -0.25) is 0 Å². The minimum absolute atomic E-state index is 0.325. The molecule has 1 N–H and O–H groups in total. The molecule has 0 saturated heterocycles.